The predicted molar refractivity (Wildman–Crippen MR) is 94.5 cm³/mol. The zero-order valence-corrected chi connectivity index (χ0v) is 14.5. The number of nitrogens with one attached hydrogen (secondary N) is 1. The fraction of sp³-hybridized carbons (Fsp3) is 0.278. The van der Waals surface area contributed by atoms with Gasteiger partial charge in [0.2, 0.25) is 11.8 Å². The molecule has 0 saturated heterocycles. The van der Waals surface area contributed by atoms with Crippen molar-refractivity contribution in [2.24, 2.45) is 0 Å². The highest BCUT2D eigenvalue weighted by Gasteiger charge is 2.30. The topological polar surface area (TPSA) is 73.0 Å². The van der Waals surface area contributed by atoms with E-state index in [1.54, 1.807) is 16.7 Å². The molecule has 4 rings (SSSR count). The van der Waals surface area contributed by atoms with Crippen LogP contribution in [0.5, 0.6) is 0 Å². The Morgan fingerprint density at radius 2 is 2.20 bits per heavy atom. The first-order valence-corrected chi connectivity index (χ1v) is 8.53. The summed E-state index contributed by atoms with van der Waals surface area (Å²) < 4.78 is 7.53. The van der Waals surface area contributed by atoms with Crippen LogP contribution in [0.1, 0.15) is 30.2 Å². The lowest BCUT2D eigenvalue weighted by atomic mass is 10.2. The van der Waals surface area contributed by atoms with Crippen LogP contribution in [0, 0.1) is 6.92 Å². The molecule has 0 aliphatic heterocycles. The molecule has 0 bridgehead atoms. The molecule has 1 aromatic carbocycles. The third-order valence-corrected chi connectivity index (χ3v) is 4.43. The summed E-state index contributed by atoms with van der Waals surface area (Å²) in [5.41, 5.74) is 2.40. The maximum absolute atomic E-state index is 12.4. The van der Waals surface area contributed by atoms with E-state index in [9.17, 15) is 4.79 Å². The number of nitrogens with zero attached hydrogens (tertiary/aromatic N) is 3. The van der Waals surface area contributed by atoms with Crippen molar-refractivity contribution in [1.29, 1.82) is 0 Å². The smallest absolute Gasteiger partial charge is 0.264 e. The van der Waals surface area contributed by atoms with Crippen molar-refractivity contribution in [1.82, 2.24) is 14.8 Å². The second kappa shape index (κ2) is 6.37. The zero-order valence-electron chi connectivity index (χ0n) is 13.7. The molecular formula is C18H17ClN4O2. The summed E-state index contributed by atoms with van der Waals surface area (Å²) in [4.78, 5) is 12.4. The van der Waals surface area contributed by atoms with Crippen LogP contribution in [0.2, 0.25) is 5.02 Å². The second-order valence-electron chi connectivity index (χ2n) is 6.25. The number of halogens is 1. The molecule has 128 valence electrons. The first-order chi connectivity index (χ1) is 12.1. The SMILES string of the molecule is Cc1cc(Cl)ccc1NC(=O)Cn1cccc1-c1nnc(C2CC2)o1. The number of amides is 1. The van der Waals surface area contributed by atoms with Crippen LogP contribution in [0.15, 0.2) is 40.9 Å². The highest BCUT2D eigenvalue weighted by molar-refractivity contribution is 6.30. The van der Waals surface area contributed by atoms with E-state index in [1.807, 2.05) is 31.3 Å². The third-order valence-electron chi connectivity index (χ3n) is 4.19. The minimum absolute atomic E-state index is 0.134. The van der Waals surface area contributed by atoms with Crippen molar-refractivity contribution in [2.45, 2.75) is 32.2 Å². The quantitative estimate of drug-likeness (QED) is 0.749. The fourth-order valence-electron chi connectivity index (χ4n) is 2.69. The maximum atomic E-state index is 12.4. The summed E-state index contributed by atoms with van der Waals surface area (Å²) in [6, 6.07) is 9.09. The van der Waals surface area contributed by atoms with Gasteiger partial charge in [0, 0.05) is 22.8 Å². The van der Waals surface area contributed by atoms with E-state index in [2.05, 4.69) is 15.5 Å². The van der Waals surface area contributed by atoms with Crippen LogP contribution in [-0.4, -0.2) is 20.7 Å². The number of hydrogen-bond donors (Lipinski definition) is 1. The highest BCUT2D eigenvalue weighted by atomic mass is 35.5. The Morgan fingerprint density at radius 3 is 2.96 bits per heavy atom. The lowest BCUT2D eigenvalue weighted by Crippen LogP contribution is -2.19. The molecule has 3 aromatic rings. The number of aryl methyl sites for hydroxylation is 1. The number of rotatable bonds is 5. The van der Waals surface area contributed by atoms with E-state index in [4.69, 9.17) is 16.0 Å². The van der Waals surface area contributed by atoms with Crippen LogP contribution in [-0.2, 0) is 11.3 Å². The van der Waals surface area contributed by atoms with Gasteiger partial charge in [-0.2, -0.15) is 0 Å². The molecule has 2 aromatic heterocycles. The molecule has 0 atom stereocenters. The van der Waals surface area contributed by atoms with Gasteiger partial charge in [-0.15, -0.1) is 10.2 Å². The Labute approximate surface area is 149 Å². The molecule has 7 heteroatoms. The van der Waals surface area contributed by atoms with E-state index < -0.39 is 0 Å². The Hall–Kier alpha value is -2.60. The average molecular weight is 357 g/mol. The van der Waals surface area contributed by atoms with Gasteiger partial charge in [0.15, 0.2) is 0 Å². The molecule has 6 nitrogen and oxygen atoms in total. The van der Waals surface area contributed by atoms with Crippen molar-refractivity contribution in [3.05, 3.63) is 53.0 Å². The lowest BCUT2D eigenvalue weighted by molar-refractivity contribution is -0.116. The maximum Gasteiger partial charge on any atom is 0.264 e. The molecule has 25 heavy (non-hydrogen) atoms. The fourth-order valence-corrected chi connectivity index (χ4v) is 2.92. The number of anilines is 1. The largest absolute Gasteiger partial charge is 0.419 e. The second-order valence-corrected chi connectivity index (χ2v) is 6.68. The monoisotopic (exact) mass is 356 g/mol. The average Bonchev–Trinajstić information content (AvgIpc) is 3.13. The summed E-state index contributed by atoms with van der Waals surface area (Å²) in [6.07, 6.45) is 4.03. The lowest BCUT2D eigenvalue weighted by Gasteiger charge is -2.10. The Morgan fingerprint density at radius 1 is 1.36 bits per heavy atom. The Bertz CT molecular complexity index is 927. The van der Waals surface area contributed by atoms with Gasteiger partial charge >= 0.3 is 0 Å². The van der Waals surface area contributed by atoms with Crippen molar-refractivity contribution in [3.63, 3.8) is 0 Å². The van der Waals surface area contributed by atoms with E-state index in [-0.39, 0.29) is 12.5 Å². The number of carbonyl (C=O) groups excluding carboxylic acids is 1. The summed E-state index contributed by atoms with van der Waals surface area (Å²) >= 11 is 5.95. The zero-order chi connectivity index (χ0) is 17.4. The van der Waals surface area contributed by atoms with E-state index in [0.717, 1.165) is 29.8 Å². The number of hydrogen-bond acceptors (Lipinski definition) is 4. The molecule has 1 amide bonds. The third kappa shape index (κ3) is 3.44. The highest BCUT2D eigenvalue weighted by Crippen LogP contribution is 2.39. The summed E-state index contributed by atoms with van der Waals surface area (Å²) in [6.45, 7) is 2.06. The number of benzene rings is 1. The number of aromatic nitrogens is 3. The Balaban J connectivity index is 1.49. The minimum atomic E-state index is -0.134. The summed E-state index contributed by atoms with van der Waals surface area (Å²) in [5.74, 6) is 1.40. The minimum Gasteiger partial charge on any atom is -0.419 e. The van der Waals surface area contributed by atoms with Crippen molar-refractivity contribution < 1.29 is 9.21 Å². The standard InChI is InChI=1S/C18H17ClN4O2/c1-11-9-13(19)6-7-14(11)20-16(24)10-23-8-2-3-15(23)18-22-21-17(25-18)12-4-5-12/h2-3,6-9,12H,4-5,10H2,1H3,(H,20,24). The first-order valence-electron chi connectivity index (χ1n) is 8.15. The van der Waals surface area contributed by atoms with Gasteiger partial charge in [-0.3, -0.25) is 4.79 Å². The molecule has 0 unspecified atom stereocenters. The Kier molecular flexibility index (Phi) is 4.05. The van der Waals surface area contributed by atoms with Crippen LogP contribution < -0.4 is 5.32 Å². The molecule has 2 heterocycles. The predicted octanol–water partition coefficient (Wildman–Crippen LogP) is 4.02. The molecule has 0 spiro atoms. The van der Waals surface area contributed by atoms with Crippen LogP contribution >= 0.6 is 11.6 Å². The van der Waals surface area contributed by atoms with Gasteiger partial charge < -0.3 is 14.3 Å². The van der Waals surface area contributed by atoms with Gasteiger partial charge in [0.05, 0.1) is 0 Å². The van der Waals surface area contributed by atoms with Gasteiger partial charge in [0.1, 0.15) is 12.2 Å². The molecule has 1 aliphatic carbocycles. The van der Waals surface area contributed by atoms with Crippen LogP contribution in [0.3, 0.4) is 0 Å². The molecule has 1 fully saturated rings. The van der Waals surface area contributed by atoms with Gasteiger partial charge in [0.25, 0.3) is 5.89 Å². The molecule has 1 saturated carbocycles. The van der Waals surface area contributed by atoms with E-state index in [0.29, 0.717) is 22.7 Å². The van der Waals surface area contributed by atoms with E-state index >= 15 is 0 Å². The van der Waals surface area contributed by atoms with Crippen LogP contribution in [0.4, 0.5) is 5.69 Å². The van der Waals surface area contributed by atoms with Gasteiger partial charge in [-0.05, 0) is 55.7 Å². The van der Waals surface area contributed by atoms with Gasteiger partial charge in [-0.25, -0.2) is 0 Å². The van der Waals surface area contributed by atoms with Crippen LogP contribution in [0.25, 0.3) is 11.6 Å². The summed E-state index contributed by atoms with van der Waals surface area (Å²) in [7, 11) is 0. The number of carbonyl (C=O) groups is 1. The van der Waals surface area contributed by atoms with Crippen molar-refractivity contribution in [2.75, 3.05) is 5.32 Å². The van der Waals surface area contributed by atoms with Crippen molar-refractivity contribution in [3.8, 4) is 11.6 Å². The normalized spacial score (nSPS) is 13.8. The van der Waals surface area contributed by atoms with Gasteiger partial charge in [-0.1, -0.05) is 11.6 Å². The van der Waals surface area contributed by atoms with Crippen molar-refractivity contribution >= 4 is 23.2 Å². The molecule has 0 radical (unpaired) electrons. The first kappa shape index (κ1) is 15.9. The molecular weight excluding hydrogens is 340 g/mol. The van der Waals surface area contributed by atoms with E-state index in [1.165, 1.54) is 0 Å². The molecule has 1 N–H and O–H groups in total. The molecule has 1 aliphatic rings. The summed E-state index contributed by atoms with van der Waals surface area (Å²) in [5, 5.41) is 11.8.